The van der Waals surface area contributed by atoms with Gasteiger partial charge in [0.25, 0.3) is 0 Å². The molecule has 0 saturated carbocycles. The molecule has 0 spiro atoms. The standard InChI is InChI=1S/C19H26N6O2/c1-14(2)25-13-20-16-17(23(3)15-7-5-4-6-8-15)21-19(22-18(16)25)24(9-11-26)10-12-27/h4-8,13-14,26-27H,9-12H2,1-3H3. The van der Waals surface area contributed by atoms with Crippen molar-refractivity contribution in [1.29, 1.82) is 0 Å². The highest BCUT2D eigenvalue weighted by atomic mass is 16.3. The van der Waals surface area contributed by atoms with Crippen LogP contribution in [0, 0.1) is 0 Å². The molecular formula is C19H26N6O2. The average molecular weight is 370 g/mol. The third-order valence-corrected chi connectivity index (χ3v) is 4.43. The summed E-state index contributed by atoms with van der Waals surface area (Å²) in [6, 6.07) is 10.1. The normalized spacial score (nSPS) is 11.3. The second kappa shape index (κ2) is 8.32. The summed E-state index contributed by atoms with van der Waals surface area (Å²) in [5.41, 5.74) is 2.43. The predicted octanol–water partition coefficient (Wildman–Crippen LogP) is 1.97. The van der Waals surface area contributed by atoms with Crippen LogP contribution in [0.5, 0.6) is 0 Å². The molecule has 0 unspecified atom stereocenters. The van der Waals surface area contributed by atoms with Crippen molar-refractivity contribution in [3.05, 3.63) is 36.7 Å². The first-order chi connectivity index (χ1) is 13.1. The minimum Gasteiger partial charge on any atom is -0.395 e. The number of fused-ring (bicyclic) bond motifs is 1. The van der Waals surface area contributed by atoms with E-state index >= 15 is 0 Å². The van der Waals surface area contributed by atoms with Crippen LogP contribution in [0.25, 0.3) is 11.2 Å². The molecule has 0 aliphatic rings. The van der Waals surface area contributed by atoms with Gasteiger partial charge in [-0.3, -0.25) is 0 Å². The Kier molecular flexibility index (Phi) is 5.88. The molecule has 0 bridgehead atoms. The molecule has 0 radical (unpaired) electrons. The van der Waals surface area contributed by atoms with Gasteiger partial charge in [-0.05, 0) is 26.0 Å². The van der Waals surface area contributed by atoms with E-state index in [9.17, 15) is 10.2 Å². The van der Waals surface area contributed by atoms with Crippen molar-refractivity contribution in [2.75, 3.05) is 43.2 Å². The number of nitrogens with zero attached hydrogens (tertiary/aromatic N) is 6. The average Bonchev–Trinajstić information content (AvgIpc) is 3.11. The molecule has 2 aromatic heterocycles. The number of hydrogen-bond donors (Lipinski definition) is 2. The Labute approximate surface area is 158 Å². The lowest BCUT2D eigenvalue weighted by Gasteiger charge is -2.24. The van der Waals surface area contributed by atoms with Gasteiger partial charge >= 0.3 is 0 Å². The lowest BCUT2D eigenvalue weighted by atomic mass is 10.3. The maximum Gasteiger partial charge on any atom is 0.229 e. The maximum atomic E-state index is 9.39. The molecule has 0 amide bonds. The van der Waals surface area contributed by atoms with Crippen LogP contribution >= 0.6 is 0 Å². The number of imidazole rings is 1. The summed E-state index contributed by atoms with van der Waals surface area (Å²) >= 11 is 0. The lowest BCUT2D eigenvalue weighted by Crippen LogP contribution is -2.32. The fourth-order valence-corrected chi connectivity index (χ4v) is 2.97. The molecule has 8 nitrogen and oxygen atoms in total. The summed E-state index contributed by atoms with van der Waals surface area (Å²) in [7, 11) is 1.94. The smallest absolute Gasteiger partial charge is 0.229 e. The highest BCUT2D eigenvalue weighted by Gasteiger charge is 2.20. The molecule has 0 atom stereocenters. The number of para-hydroxylation sites is 1. The Bertz CT molecular complexity index is 875. The van der Waals surface area contributed by atoms with Crippen molar-refractivity contribution in [1.82, 2.24) is 19.5 Å². The van der Waals surface area contributed by atoms with E-state index in [-0.39, 0.29) is 19.3 Å². The molecule has 3 rings (SSSR count). The molecule has 2 heterocycles. The largest absolute Gasteiger partial charge is 0.395 e. The summed E-state index contributed by atoms with van der Waals surface area (Å²) in [5, 5.41) is 18.8. The number of anilines is 3. The summed E-state index contributed by atoms with van der Waals surface area (Å²) < 4.78 is 2.00. The fourth-order valence-electron chi connectivity index (χ4n) is 2.97. The zero-order valence-corrected chi connectivity index (χ0v) is 15.9. The maximum absolute atomic E-state index is 9.39. The van der Waals surface area contributed by atoms with E-state index in [1.165, 1.54) is 0 Å². The summed E-state index contributed by atoms with van der Waals surface area (Å²) in [4.78, 5) is 17.7. The first-order valence-electron chi connectivity index (χ1n) is 9.06. The Morgan fingerprint density at radius 3 is 2.30 bits per heavy atom. The second-order valence-corrected chi connectivity index (χ2v) is 6.59. The van der Waals surface area contributed by atoms with Crippen molar-refractivity contribution in [2.45, 2.75) is 19.9 Å². The number of aromatic nitrogens is 4. The van der Waals surface area contributed by atoms with Crippen LogP contribution in [0.4, 0.5) is 17.5 Å². The molecule has 0 aliphatic carbocycles. The highest BCUT2D eigenvalue weighted by molar-refractivity contribution is 5.87. The topological polar surface area (TPSA) is 90.5 Å². The zero-order chi connectivity index (χ0) is 19.4. The summed E-state index contributed by atoms with van der Waals surface area (Å²) in [6.45, 7) is 4.74. The Hall–Kier alpha value is -2.71. The molecule has 2 N–H and O–H groups in total. The van der Waals surface area contributed by atoms with Crippen molar-refractivity contribution in [2.24, 2.45) is 0 Å². The molecule has 0 saturated heterocycles. The van der Waals surface area contributed by atoms with Crippen molar-refractivity contribution < 1.29 is 10.2 Å². The van der Waals surface area contributed by atoms with Crippen LogP contribution in [0.15, 0.2) is 36.7 Å². The van der Waals surface area contributed by atoms with Gasteiger partial charge in [0.05, 0.1) is 19.5 Å². The van der Waals surface area contributed by atoms with Crippen LogP contribution in [0.3, 0.4) is 0 Å². The van der Waals surface area contributed by atoms with Gasteiger partial charge in [-0.2, -0.15) is 9.97 Å². The van der Waals surface area contributed by atoms with Crippen LogP contribution < -0.4 is 9.80 Å². The molecule has 0 fully saturated rings. The predicted molar refractivity (Wildman–Crippen MR) is 107 cm³/mol. The number of rotatable bonds is 8. The molecule has 144 valence electrons. The molecule has 8 heteroatoms. The first kappa shape index (κ1) is 19.1. The summed E-state index contributed by atoms with van der Waals surface area (Å²) in [6.07, 6.45) is 1.78. The van der Waals surface area contributed by atoms with E-state index in [0.29, 0.717) is 30.4 Å². The number of hydrogen-bond acceptors (Lipinski definition) is 7. The van der Waals surface area contributed by atoms with Crippen molar-refractivity contribution in [3.63, 3.8) is 0 Å². The Morgan fingerprint density at radius 1 is 1.04 bits per heavy atom. The van der Waals surface area contributed by atoms with E-state index in [2.05, 4.69) is 18.8 Å². The van der Waals surface area contributed by atoms with E-state index in [4.69, 9.17) is 9.97 Å². The van der Waals surface area contributed by atoms with Crippen LogP contribution in [0.2, 0.25) is 0 Å². The third-order valence-electron chi connectivity index (χ3n) is 4.43. The molecule has 1 aromatic carbocycles. The Balaban J connectivity index is 2.18. The van der Waals surface area contributed by atoms with Gasteiger partial charge in [-0.25, -0.2) is 4.98 Å². The number of aliphatic hydroxyl groups excluding tert-OH is 2. The highest BCUT2D eigenvalue weighted by Crippen LogP contribution is 2.30. The van der Waals surface area contributed by atoms with Gasteiger partial charge in [0.15, 0.2) is 17.0 Å². The quantitative estimate of drug-likeness (QED) is 0.626. The van der Waals surface area contributed by atoms with Gasteiger partial charge in [0.1, 0.15) is 0 Å². The van der Waals surface area contributed by atoms with Crippen LogP contribution in [-0.4, -0.2) is 63.1 Å². The summed E-state index contributed by atoms with van der Waals surface area (Å²) in [5.74, 6) is 1.15. The van der Waals surface area contributed by atoms with Gasteiger partial charge < -0.3 is 24.6 Å². The first-order valence-corrected chi connectivity index (χ1v) is 9.06. The number of aliphatic hydroxyl groups is 2. The van der Waals surface area contributed by atoms with Gasteiger partial charge in [0.2, 0.25) is 5.95 Å². The fraction of sp³-hybridized carbons (Fsp3) is 0.421. The van der Waals surface area contributed by atoms with Crippen molar-refractivity contribution in [3.8, 4) is 0 Å². The van der Waals surface area contributed by atoms with Gasteiger partial charge in [0, 0.05) is 31.9 Å². The van der Waals surface area contributed by atoms with Gasteiger partial charge in [-0.15, -0.1) is 0 Å². The lowest BCUT2D eigenvalue weighted by molar-refractivity contribution is 0.280. The van der Waals surface area contributed by atoms with Crippen LogP contribution in [0.1, 0.15) is 19.9 Å². The van der Waals surface area contributed by atoms with E-state index in [0.717, 1.165) is 11.3 Å². The van der Waals surface area contributed by atoms with Crippen molar-refractivity contribution >= 4 is 28.6 Å². The molecule has 27 heavy (non-hydrogen) atoms. The monoisotopic (exact) mass is 370 g/mol. The van der Waals surface area contributed by atoms with E-state index < -0.39 is 0 Å². The van der Waals surface area contributed by atoms with Gasteiger partial charge in [-0.1, -0.05) is 18.2 Å². The van der Waals surface area contributed by atoms with E-state index in [1.54, 1.807) is 11.2 Å². The SMILES string of the molecule is CC(C)n1cnc2c(N(C)c3ccccc3)nc(N(CCO)CCO)nc21. The second-order valence-electron chi connectivity index (χ2n) is 6.59. The van der Waals surface area contributed by atoms with Crippen LogP contribution in [-0.2, 0) is 0 Å². The minimum atomic E-state index is -0.0469. The zero-order valence-electron chi connectivity index (χ0n) is 15.9. The molecular weight excluding hydrogens is 344 g/mol. The van der Waals surface area contributed by atoms with E-state index in [1.807, 2.05) is 46.8 Å². The third kappa shape index (κ3) is 3.86. The molecule has 3 aromatic rings. The molecule has 0 aliphatic heterocycles. The minimum absolute atomic E-state index is 0.0469. The Morgan fingerprint density at radius 2 is 1.70 bits per heavy atom. The number of benzene rings is 1.